The van der Waals surface area contributed by atoms with Gasteiger partial charge in [0.1, 0.15) is 11.5 Å². The van der Waals surface area contributed by atoms with Gasteiger partial charge < -0.3 is 10.2 Å². The molecule has 0 aromatic heterocycles. The van der Waals surface area contributed by atoms with Gasteiger partial charge in [0.2, 0.25) is 0 Å². The predicted molar refractivity (Wildman–Crippen MR) is 69.4 cm³/mol. The lowest BCUT2D eigenvalue weighted by molar-refractivity contribution is 0.470. The van der Waals surface area contributed by atoms with E-state index in [4.69, 9.17) is 0 Å². The number of aromatic hydroxyl groups is 2. The number of aryl methyl sites for hydroxylation is 3. The largest absolute Gasteiger partial charge is 0.508 e. The lowest BCUT2D eigenvalue weighted by Gasteiger charge is -2.10. The highest BCUT2D eigenvalue weighted by Gasteiger charge is 2.08. The van der Waals surface area contributed by atoms with Crippen LogP contribution in [-0.2, 0) is 0 Å². The number of rotatable bonds is 1. The lowest BCUT2D eigenvalue weighted by atomic mass is 9.98. The van der Waals surface area contributed by atoms with Gasteiger partial charge in [0.25, 0.3) is 0 Å². The van der Waals surface area contributed by atoms with Gasteiger partial charge in [-0.1, -0.05) is 12.1 Å². The Hall–Kier alpha value is -1.96. The Balaban J connectivity index is 2.60. The summed E-state index contributed by atoms with van der Waals surface area (Å²) in [5.41, 5.74) is 4.59. The molecule has 2 rings (SSSR count). The van der Waals surface area contributed by atoms with Crippen LogP contribution in [0, 0.1) is 20.8 Å². The summed E-state index contributed by atoms with van der Waals surface area (Å²) in [6.07, 6.45) is 0. The molecule has 0 aliphatic rings. The standard InChI is InChI=1S/C15H16O2/c1-9-4-5-12(8-14(9)16)13-6-10(2)11(3)7-15(13)17/h4-8,16-17H,1-3H3. The van der Waals surface area contributed by atoms with E-state index in [9.17, 15) is 10.2 Å². The van der Waals surface area contributed by atoms with Gasteiger partial charge in [-0.2, -0.15) is 0 Å². The van der Waals surface area contributed by atoms with E-state index in [1.807, 2.05) is 39.0 Å². The molecule has 2 nitrogen and oxygen atoms in total. The third kappa shape index (κ3) is 2.11. The molecular weight excluding hydrogens is 212 g/mol. The molecule has 0 unspecified atom stereocenters. The molecular formula is C15H16O2. The van der Waals surface area contributed by atoms with Gasteiger partial charge in [0.15, 0.2) is 0 Å². The van der Waals surface area contributed by atoms with Gasteiger partial charge in [-0.05, 0) is 61.2 Å². The van der Waals surface area contributed by atoms with Crippen molar-refractivity contribution >= 4 is 0 Å². The van der Waals surface area contributed by atoms with Gasteiger partial charge in [-0.25, -0.2) is 0 Å². The normalized spacial score (nSPS) is 10.5. The van der Waals surface area contributed by atoms with Crippen molar-refractivity contribution in [2.45, 2.75) is 20.8 Å². The van der Waals surface area contributed by atoms with E-state index >= 15 is 0 Å². The third-order valence-corrected chi connectivity index (χ3v) is 3.13. The van der Waals surface area contributed by atoms with Crippen LogP contribution in [0.1, 0.15) is 16.7 Å². The maximum absolute atomic E-state index is 9.95. The summed E-state index contributed by atoms with van der Waals surface area (Å²) in [5.74, 6) is 0.497. The van der Waals surface area contributed by atoms with Crippen LogP contribution in [0.25, 0.3) is 11.1 Å². The van der Waals surface area contributed by atoms with Gasteiger partial charge >= 0.3 is 0 Å². The molecule has 2 heteroatoms. The molecule has 0 heterocycles. The van der Waals surface area contributed by atoms with Crippen molar-refractivity contribution < 1.29 is 10.2 Å². The second kappa shape index (κ2) is 4.13. The van der Waals surface area contributed by atoms with E-state index in [1.165, 1.54) is 0 Å². The minimum absolute atomic E-state index is 0.247. The van der Waals surface area contributed by atoms with Crippen LogP contribution in [0.15, 0.2) is 30.3 Å². The first kappa shape index (κ1) is 11.5. The number of phenols is 2. The van der Waals surface area contributed by atoms with Crippen molar-refractivity contribution in [3.05, 3.63) is 47.0 Å². The fraction of sp³-hybridized carbons (Fsp3) is 0.200. The molecule has 2 N–H and O–H groups in total. The van der Waals surface area contributed by atoms with E-state index in [0.717, 1.165) is 27.8 Å². The highest BCUT2D eigenvalue weighted by Crippen LogP contribution is 2.34. The Morgan fingerprint density at radius 2 is 1.35 bits per heavy atom. The zero-order valence-electron chi connectivity index (χ0n) is 10.3. The summed E-state index contributed by atoms with van der Waals surface area (Å²) in [7, 11) is 0. The zero-order chi connectivity index (χ0) is 12.6. The highest BCUT2D eigenvalue weighted by molar-refractivity contribution is 5.73. The quantitative estimate of drug-likeness (QED) is 0.781. The van der Waals surface area contributed by atoms with Crippen LogP contribution < -0.4 is 0 Å². The van der Waals surface area contributed by atoms with E-state index in [0.29, 0.717) is 0 Å². The topological polar surface area (TPSA) is 40.5 Å². The maximum Gasteiger partial charge on any atom is 0.123 e. The summed E-state index contributed by atoms with van der Waals surface area (Å²) in [6.45, 7) is 5.82. The first-order valence-corrected chi connectivity index (χ1v) is 5.59. The number of hydrogen-bond donors (Lipinski definition) is 2. The molecule has 0 fully saturated rings. The Morgan fingerprint density at radius 1 is 0.706 bits per heavy atom. The van der Waals surface area contributed by atoms with Crippen molar-refractivity contribution in [1.82, 2.24) is 0 Å². The Kier molecular flexibility index (Phi) is 2.80. The van der Waals surface area contributed by atoms with Gasteiger partial charge in [-0.15, -0.1) is 0 Å². The van der Waals surface area contributed by atoms with Crippen molar-refractivity contribution in [2.75, 3.05) is 0 Å². The molecule has 0 aliphatic heterocycles. The van der Waals surface area contributed by atoms with Crippen LogP contribution in [0.3, 0.4) is 0 Å². The average Bonchev–Trinajstić information content (AvgIpc) is 2.27. The molecule has 0 aliphatic carbocycles. The SMILES string of the molecule is Cc1cc(O)c(-c2ccc(C)c(O)c2)cc1C. The minimum Gasteiger partial charge on any atom is -0.508 e. The molecule has 88 valence electrons. The second-order valence-corrected chi connectivity index (χ2v) is 4.45. The third-order valence-electron chi connectivity index (χ3n) is 3.13. The fourth-order valence-electron chi connectivity index (χ4n) is 1.81. The maximum atomic E-state index is 9.95. The molecule has 0 saturated carbocycles. The predicted octanol–water partition coefficient (Wildman–Crippen LogP) is 3.69. The monoisotopic (exact) mass is 228 g/mol. The van der Waals surface area contributed by atoms with E-state index in [-0.39, 0.29) is 11.5 Å². The van der Waals surface area contributed by atoms with Gasteiger partial charge in [0.05, 0.1) is 0 Å². The molecule has 0 saturated heterocycles. The first-order chi connectivity index (χ1) is 7.99. The number of benzene rings is 2. The smallest absolute Gasteiger partial charge is 0.123 e. The Labute approximate surface area is 101 Å². The van der Waals surface area contributed by atoms with Crippen LogP contribution >= 0.6 is 0 Å². The molecule has 0 amide bonds. The molecule has 2 aromatic rings. The van der Waals surface area contributed by atoms with E-state index < -0.39 is 0 Å². The van der Waals surface area contributed by atoms with E-state index in [2.05, 4.69) is 0 Å². The summed E-state index contributed by atoms with van der Waals surface area (Å²) in [4.78, 5) is 0. The van der Waals surface area contributed by atoms with Crippen LogP contribution in [0.2, 0.25) is 0 Å². The summed E-state index contributed by atoms with van der Waals surface area (Å²) in [5, 5.41) is 19.6. The lowest BCUT2D eigenvalue weighted by Crippen LogP contribution is -1.86. The molecule has 2 aromatic carbocycles. The van der Waals surface area contributed by atoms with Gasteiger partial charge in [-0.3, -0.25) is 0 Å². The molecule has 0 radical (unpaired) electrons. The second-order valence-electron chi connectivity index (χ2n) is 4.45. The zero-order valence-corrected chi connectivity index (χ0v) is 10.3. The average molecular weight is 228 g/mol. The van der Waals surface area contributed by atoms with Crippen molar-refractivity contribution in [1.29, 1.82) is 0 Å². The Morgan fingerprint density at radius 3 is 2.00 bits per heavy atom. The highest BCUT2D eigenvalue weighted by atomic mass is 16.3. The summed E-state index contributed by atoms with van der Waals surface area (Å²) < 4.78 is 0. The molecule has 0 bridgehead atoms. The molecule has 17 heavy (non-hydrogen) atoms. The number of phenolic OH excluding ortho intramolecular Hbond substituents is 2. The summed E-state index contributed by atoms with van der Waals surface area (Å²) >= 11 is 0. The van der Waals surface area contributed by atoms with Crippen molar-refractivity contribution in [3.63, 3.8) is 0 Å². The first-order valence-electron chi connectivity index (χ1n) is 5.59. The molecule has 0 spiro atoms. The van der Waals surface area contributed by atoms with Crippen LogP contribution in [-0.4, -0.2) is 10.2 Å². The molecule has 0 atom stereocenters. The summed E-state index contributed by atoms with van der Waals surface area (Å²) in [6, 6.07) is 9.12. The number of hydrogen-bond acceptors (Lipinski definition) is 2. The van der Waals surface area contributed by atoms with Crippen molar-refractivity contribution in [3.8, 4) is 22.6 Å². The van der Waals surface area contributed by atoms with Crippen LogP contribution in [0.4, 0.5) is 0 Å². The van der Waals surface area contributed by atoms with E-state index in [1.54, 1.807) is 12.1 Å². The minimum atomic E-state index is 0.247. The van der Waals surface area contributed by atoms with Gasteiger partial charge in [0, 0.05) is 5.56 Å². The van der Waals surface area contributed by atoms with Crippen molar-refractivity contribution in [2.24, 2.45) is 0 Å². The Bertz CT molecular complexity index is 571. The fourth-order valence-corrected chi connectivity index (χ4v) is 1.81. The van der Waals surface area contributed by atoms with Crippen LogP contribution in [0.5, 0.6) is 11.5 Å².